The minimum Gasteiger partial charge on any atom is -0.395 e. The number of nitro groups is 1. The number of amides is 1. The molecule has 12 nitrogen and oxygen atoms in total. The van der Waals surface area contributed by atoms with Crippen LogP contribution in [0.5, 0.6) is 0 Å². The largest absolute Gasteiger partial charge is 0.433 e. The van der Waals surface area contributed by atoms with Crippen LogP contribution in [0.2, 0.25) is 0 Å². The first kappa shape index (κ1) is 19.5. The zero-order valence-electron chi connectivity index (χ0n) is 16.5. The Kier molecular flexibility index (Phi) is 4.69. The smallest absolute Gasteiger partial charge is 0.395 e. The van der Waals surface area contributed by atoms with E-state index >= 15 is 0 Å². The van der Waals surface area contributed by atoms with Crippen LogP contribution in [0.3, 0.4) is 0 Å². The summed E-state index contributed by atoms with van der Waals surface area (Å²) >= 11 is 0. The molecule has 162 valence electrons. The molecular weight excluding hydrogens is 423 g/mol. The number of nitrogens with zero attached hydrogens (tertiary/aromatic N) is 8. The van der Waals surface area contributed by atoms with Crippen molar-refractivity contribution in [3.8, 4) is 5.69 Å². The van der Waals surface area contributed by atoms with Gasteiger partial charge in [0.25, 0.3) is 5.91 Å². The predicted octanol–water partition coefficient (Wildman–Crippen LogP) is 1.81. The topological polar surface area (TPSA) is 136 Å². The molecule has 0 atom stereocenters. The lowest BCUT2D eigenvalue weighted by atomic mass is 10.2. The number of halogens is 1. The Bertz CT molecular complexity index is 1310. The van der Waals surface area contributed by atoms with Gasteiger partial charge in [0.15, 0.2) is 22.7 Å². The number of furan rings is 1. The second-order valence-corrected chi connectivity index (χ2v) is 7.02. The van der Waals surface area contributed by atoms with Crippen molar-refractivity contribution >= 4 is 28.8 Å². The molecule has 0 saturated carbocycles. The van der Waals surface area contributed by atoms with Crippen LogP contribution in [-0.4, -0.2) is 66.9 Å². The summed E-state index contributed by atoms with van der Waals surface area (Å²) in [7, 11) is 0. The van der Waals surface area contributed by atoms with Crippen LogP contribution in [0, 0.1) is 15.9 Å². The highest BCUT2D eigenvalue weighted by molar-refractivity contribution is 5.92. The van der Waals surface area contributed by atoms with Crippen molar-refractivity contribution in [1.29, 1.82) is 0 Å². The molecule has 1 aromatic carbocycles. The van der Waals surface area contributed by atoms with Crippen molar-refractivity contribution in [2.24, 2.45) is 0 Å². The number of fused-ring (bicyclic) bond motifs is 1. The maximum Gasteiger partial charge on any atom is 0.433 e. The van der Waals surface area contributed by atoms with E-state index in [2.05, 4.69) is 20.3 Å². The van der Waals surface area contributed by atoms with Crippen LogP contribution >= 0.6 is 0 Å². The summed E-state index contributed by atoms with van der Waals surface area (Å²) in [6, 6.07) is 8.27. The SMILES string of the molecule is O=C(c1ccc([N+](=O)[O-])o1)N1CCN(c2ncnc3c2nnn3-c2ccc(F)cc2)CC1. The molecule has 4 heterocycles. The van der Waals surface area contributed by atoms with E-state index in [1.165, 1.54) is 29.2 Å². The summed E-state index contributed by atoms with van der Waals surface area (Å²) in [4.78, 5) is 34.8. The molecule has 0 radical (unpaired) electrons. The summed E-state index contributed by atoms with van der Waals surface area (Å²) in [5, 5.41) is 19.1. The molecule has 0 aliphatic carbocycles. The molecule has 1 fully saturated rings. The highest BCUT2D eigenvalue weighted by Gasteiger charge is 2.28. The first-order valence-electron chi connectivity index (χ1n) is 9.62. The van der Waals surface area contributed by atoms with Gasteiger partial charge in [-0.3, -0.25) is 14.9 Å². The van der Waals surface area contributed by atoms with Gasteiger partial charge in [-0.15, -0.1) is 5.10 Å². The van der Waals surface area contributed by atoms with E-state index in [1.807, 2.05) is 4.90 Å². The normalized spacial score (nSPS) is 14.2. The van der Waals surface area contributed by atoms with E-state index in [1.54, 1.807) is 17.0 Å². The van der Waals surface area contributed by atoms with Gasteiger partial charge in [0.2, 0.25) is 0 Å². The summed E-state index contributed by atoms with van der Waals surface area (Å²) in [6.07, 6.45) is 1.40. The molecule has 5 rings (SSSR count). The molecule has 4 aromatic rings. The fourth-order valence-corrected chi connectivity index (χ4v) is 3.54. The molecule has 1 aliphatic heterocycles. The molecule has 1 saturated heterocycles. The van der Waals surface area contributed by atoms with E-state index in [0.29, 0.717) is 48.8 Å². The summed E-state index contributed by atoms with van der Waals surface area (Å²) in [6.45, 7) is 1.66. The van der Waals surface area contributed by atoms with Gasteiger partial charge in [0.1, 0.15) is 17.1 Å². The maximum absolute atomic E-state index is 13.2. The zero-order chi connectivity index (χ0) is 22.2. The van der Waals surface area contributed by atoms with Crippen molar-refractivity contribution in [2.45, 2.75) is 0 Å². The van der Waals surface area contributed by atoms with Crippen LogP contribution in [0.1, 0.15) is 10.6 Å². The van der Waals surface area contributed by atoms with E-state index in [0.717, 1.165) is 6.07 Å². The fraction of sp³-hybridized carbons (Fsp3) is 0.211. The molecule has 13 heteroatoms. The van der Waals surface area contributed by atoms with Crippen LogP contribution < -0.4 is 4.90 Å². The Balaban J connectivity index is 1.34. The fourth-order valence-electron chi connectivity index (χ4n) is 3.54. The summed E-state index contributed by atoms with van der Waals surface area (Å²) < 4.78 is 19.8. The number of aromatic nitrogens is 5. The average Bonchev–Trinajstić information content (AvgIpc) is 3.47. The Morgan fingerprint density at radius 3 is 2.50 bits per heavy atom. The first-order valence-corrected chi connectivity index (χ1v) is 9.62. The molecule has 0 spiro atoms. The van der Waals surface area contributed by atoms with Crippen LogP contribution in [0.15, 0.2) is 47.1 Å². The van der Waals surface area contributed by atoms with Crippen molar-refractivity contribution in [1.82, 2.24) is 29.9 Å². The number of benzene rings is 1. The van der Waals surface area contributed by atoms with E-state index in [9.17, 15) is 19.3 Å². The number of carbonyl (C=O) groups is 1. The maximum atomic E-state index is 13.2. The molecule has 3 aromatic heterocycles. The molecule has 1 aliphatic rings. The van der Waals surface area contributed by atoms with E-state index in [4.69, 9.17) is 4.42 Å². The standard InChI is InChI=1S/C19H15FN8O4/c20-12-1-3-13(4-2-12)27-18-16(23-24-27)17(21-11-22-18)25-7-9-26(10-8-25)19(29)14-5-6-15(32-14)28(30)31/h1-6,11H,7-10H2. The number of anilines is 1. The lowest BCUT2D eigenvalue weighted by Crippen LogP contribution is -2.49. The van der Waals surface area contributed by atoms with Crippen molar-refractivity contribution in [2.75, 3.05) is 31.1 Å². The van der Waals surface area contributed by atoms with Gasteiger partial charge in [-0.2, -0.15) is 4.68 Å². The van der Waals surface area contributed by atoms with Crippen molar-refractivity contribution in [3.63, 3.8) is 0 Å². The second-order valence-electron chi connectivity index (χ2n) is 7.02. The van der Waals surface area contributed by atoms with Crippen molar-refractivity contribution in [3.05, 3.63) is 64.4 Å². The number of rotatable bonds is 4. The van der Waals surface area contributed by atoms with Gasteiger partial charge < -0.3 is 14.2 Å². The van der Waals surface area contributed by atoms with Gasteiger partial charge in [-0.05, 0) is 30.3 Å². The second kappa shape index (κ2) is 7.68. The lowest BCUT2D eigenvalue weighted by molar-refractivity contribution is -0.402. The number of carbonyl (C=O) groups excluding carboxylic acids is 1. The predicted molar refractivity (Wildman–Crippen MR) is 108 cm³/mol. The van der Waals surface area contributed by atoms with Crippen LogP contribution in [-0.2, 0) is 0 Å². The molecule has 1 amide bonds. The minimum absolute atomic E-state index is 0.0724. The Hall–Kier alpha value is -4.42. The summed E-state index contributed by atoms with van der Waals surface area (Å²) in [5.74, 6) is -0.738. The quantitative estimate of drug-likeness (QED) is 0.345. The highest BCUT2D eigenvalue weighted by Crippen LogP contribution is 2.24. The third-order valence-electron chi connectivity index (χ3n) is 5.14. The Morgan fingerprint density at radius 1 is 1.06 bits per heavy atom. The van der Waals surface area contributed by atoms with E-state index < -0.39 is 16.7 Å². The first-order chi connectivity index (χ1) is 15.5. The molecule has 0 bridgehead atoms. The van der Waals surface area contributed by atoms with Crippen LogP contribution in [0.25, 0.3) is 16.9 Å². The Morgan fingerprint density at radius 2 is 1.81 bits per heavy atom. The van der Waals surface area contributed by atoms with Gasteiger partial charge in [0, 0.05) is 26.2 Å². The minimum atomic E-state index is -0.686. The average molecular weight is 438 g/mol. The zero-order valence-corrected chi connectivity index (χ0v) is 16.5. The lowest BCUT2D eigenvalue weighted by Gasteiger charge is -2.34. The number of hydrogen-bond acceptors (Lipinski definition) is 9. The Labute approximate surface area is 179 Å². The van der Waals surface area contributed by atoms with Crippen LogP contribution in [0.4, 0.5) is 16.1 Å². The van der Waals surface area contributed by atoms with Gasteiger partial charge >= 0.3 is 5.88 Å². The van der Waals surface area contributed by atoms with Gasteiger partial charge in [0.05, 0.1) is 11.8 Å². The molecule has 0 N–H and O–H groups in total. The third kappa shape index (κ3) is 3.38. The molecule has 0 unspecified atom stereocenters. The number of hydrogen-bond donors (Lipinski definition) is 0. The monoisotopic (exact) mass is 438 g/mol. The highest BCUT2D eigenvalue weighted by atomic mass is 19.1. The molecular formula is C19H15FN8O4. The van der Waals surface area contributed by atoms with Gasteiger partial charge in [-0.25, -0.2) is 14.4 Å². The van der Waals surface area contributed by atoms with E-state index in [-0.39, 0.29) is 11.6 Å². The third-order valence-corrected chi connectivity index (χ3v) is 5.14. The number of piperazine rings is 1. The molecule has 32 heavy (non-hydrogen) atoms. The summed E-state index contributed by atoms with van der Waals surface area (Å²) in [5.41, 5.74) is 1.57. The van der Waals surface area contributed by atoms with Gasteiger partial charge in [-0.1, -0.05) is 5.21 Å². The van der Waals surface area contributed by atoms with Crippen molar-refractivity contribution < 1.29 is 18.5 Å².